The first-order chi connectivity index (χ1) is 6.45. The lowest BCUT2D eigenvalue weighted by molar-refractivity contribution is -0.138. The van der Waals surface area contributed by atoms with E-state index >= 15 is 0 Å². The number of benzene rings is 1. The van der Waals surface area contributed by atoms with Crippen molar-refractivity contribution in [2.45, 2.75) is 19.9 Å². The molecule has 1 unspecified atom stereocenters. The number of rotatable bonds is 2. The van der Waals surface area contributed by atoms with Crippen molar-refractivity contribution in [1.29, 1.82) is 0 Å². The zero-order chi connectivity index (χ0) is 10.9. The summed E-state index contributed by atoms with van der Waals surface area (Å²) in [7, 11) is 0. The zero-order valence-corrected chi connectivity index (χ0v) is 8.24. The molecule has 4 heteroatoms. The summed E-state index contributed by atoms with van der Waals surface area (Å²) >= 11 is 0. The second-order valence-electron chi connectivity index (χ2n) is 3.33. The molecule has 0 saturated carbocycles. The SMILES string of the molecule is Cc1ccc(C(N)C(=O)O)c(N)c1C. The molecule has 1 aromatic rings. The summed E-state index contributed by atoms with van der Waals surface area (Å²) in [4.78, 5) is 10.7. The van der Waals surface area contributed by atoms with Gasteiger partial charge in [-0.1, -0.05) is 12.1 Å². The number of hydrogen-bond acceptors (Lipinski definition) is 3. The van der Waals surface area contributed by atoms with Crippen LogP contribution in [0.4, 0.5) is 5.69 Å². The Morgan fingerprint density at radius 3 is 2.50 bits per heavy atom. The van der Waals surface area contributed by atoms with Gasteiger partial charge in [0.1, 0.15) is 6.04 Å². The van der Waals surface area contributed by atoms with Crippen molar-refractivity contribution in [3.63, 3.8) is 0 Å². The van der Waals surface area contributed by atoms with Crippen molar-refractivity contribution in [1.82, 2.24) is 0 Å². The van der Waals surface area contributed by atoms with Gasteiger partial charge < -0.3 is 16.6 Å². The second kappa shape index (κ2) is 3.67. The van der Waals surface area contributed by atoms with Gasteiger partial charge in [-0.15, -0.1) is 0 Å². The summed E-state index contributed by atoms with van der Waals surface area (Å²) in [5.41, 5.74) is 14.1. The molecular weight excluding hydrogens is 180 g/mol. The van der Waals surface area contributed by atoms with Gasteiger partial charge in [-0.05, 0) is 25.0 Å². The molecule has 0 aliphatic rings. The van der Waals surface area contributed by atoms with E-state index in [9.17, 15) is 4.79 Å². The highest BCUT2D eigenvalue weighted by atomic mass is 16.4. The molecule has 0 bridgehead atoms. The lowest BCUT2D eigenvalue weighted by Crippen LogP contribution is -2.22. The highest BCUT2D eigenvalue weighted by Gasteiger charge is 2.18. The largest absolute Gasteiger partial charge is 0.480 e. The molecule has 0 aliphatic heterocycles. The summed E-state index contributed by atoms with van der Waals surface area (Å²) in [6.07, 6.45) is 0. The summed E-state index contributed by atoms with van der Waals surface area (Å²) in [5, 5.41) is 8.74. The minimum Gasteiger partial charge on any atom is -0.480 e. The third kappa shape index (κ3) is 1.70. The summed E-state index contributed by atoms with van der Waals surface area (Å²) < 4.78 is 0. The van der Waals surface area contributed by atoms with Crippen LogP contribution in [-0.4, -0.2) is 11.1 Å². The van der Waals surface area contributed by atoms with Crippen LogP contribution in [-0.2, 0) is 4.79 Å². The monoisotopic (exact) mass is 194 g/mol. The number of carboxylic acids is 1. The molecule has 1 aromatic carbocycles. The number of nitrogen functional groups attached to an aromatic ring is 1. The molecule has 0 fully saturated rings. The van der Waals surface area contributed by atoms with Crippen molar-refractivity contribution >= 4 is 11.7 Å². The van der Waals surface area contributed by atoms with Crippen LogP contribution in [0.15, 0.2) is 12.1 Å². The van der Waals surface area contributed by atoms with Gasteiger partial charge in [-0.2, -0.15) is 0 Å². The average Bonchev–Trinajstić information content (AvgIpc) is 2.13. The Morgan fingerprint density at radius 1 is 1.43 bits per heavy atom. The first-order valence-electron chi connectivity index (χ1n) is 4.29. The average molecular weight is 194 g/mol. The number of carbonyl (C=O) groups is 1. The van der Waals surface area contributed by atoms with Crippen LogP contribution in [0.25, 0.3) is 0 Å². The van der Waals surface area contributed by atoms with Crippen molar-refractivity contribution < 1.29 is 9.90 Å². The van der Waals surface area contributed by atoms with Gasteiger partial charge in [-0.25, -0.2) is 0 Å². The van der Waals surface area contributed by atoms with Crippen LogP contribution in [0.5, 0.6) is 0 Å². The van der Waals surface area contributed by atoms with Crippen molar-refractivity contribution in [3.8, 4) is 0 Å². The first-order valence-corrected chi connectivity index (χ1v) is 4.29. The number of anilines is 1. The molecular formula is C10H14N2O2. The fourth-order valence-electron chi connectivity index (χ4n) is 1.26. The van der Waals surface area contributed by atoms with E-state index in [0.717, 1.165) is 11.1 Å². The molecule has 0 radical (unpaired) electrons. The fraction of sp³-hybridized carbons (Fsp3) is 0.300. The quantitative estimate of drug-likeness (QED) is 0.612. The van der Waals surface area contributed by atoms with Gasteiger partial charge in [0, 0.05) is 11.3 Å². The maximum absolute atomic E-state index is 10.7. The van der Waals surface area contributed by atoms with Gasteiger partial charge in [0.25, 0.3) is 0 Å². The standard InChI is InChI=1S/C10H14N2O2/c1-5-3-4-7(8(11)6(5)2)9(12)10(13)14/h3-4,9H,11-12H2,1-2H3,(H,13,14). The van der Waals surface area contributed by atoms with Crippen LogP contribution < -0.4 is 11.5 Å². The minimum atomic E-state index is -1.07. The lowest BCUT2D eigenvalue weighted by atomic mass is 9.99. The van der Waals surface area contributed by atoms with Crippen LogP contribution in [0.1, 0.15) is 22.7 Å². The van der Waals surface area contributed by atoms with Gasteiger partial charge >= 0.3 is 5.97 Å². The number of carboxylic acid groups (broad SMARTS) is 1. The van der Waals surface area contributed by atoms with Crippen molar-refractivity contribution in [2.75, 3.05) is 5.73 Å². The van der Waals surface area contributed by atoms with Gasteiger partial charge in [0.15, 0.2) is 0 Å². The number of hydrogen-bond donors (Lipinski definition) is 3. The van der Waals surface area contributed by atoms with E-state index in [2.05, 4.69) is 0 Å². The Bertz CT molecular complexity index is 375. The molecule has 1 atom stereocenters. The highest BCUT2D eigenvalue weighted by molar-refractivity contribution is 5.78. The fourth-order valence-corrected chi connectivity index (χ4v) is 1.26. The normalized spacial score (nSPS) is 12.5. The molecule has 14 heavy (non-hydrogen) atoms. The molecule has 0 spiro atoms. The Balaban J connectivity index is 3.24. The molecule has 5 N–H and O–H groups in total. The Hall–Kier alpha value is -1.55. The number of aryl methyl sites for hydroxylation is 1. The van der Waals surface area contributed by atoms with Crippen molar-refractivity contribution in [3.05, 3.63) is 28.8 Å². The third-order valence-corrected chi connectivity index (χ3v) is 2.42. The Kier molecular flexibility index (Phi) is 2.76. The topological polar surface area (TPSA) is 89.3 Å². The highest BCUT2D eigenvalue weighted by Crippen LogP contribution is 2.24. The molecule has 4 nitrogen and oxygen atoms in total. The summed E-state index contributed by atoms with van der Waals surface area (Å²) in [6.45, 7) is 3.77. The lowest BCUT2D eigenvalue weighted by Gasteiger charge is -2.13. The smallest absolute Gasteiger partial charge is 0.325 e. The van der Waals surface area contributed by atoms with E-state index in [4.69, 9.17) is 16.6 Å². The maximum atomic E-state index is 10.7. The summed E-state index contributed by atoms with van der Waals surface area (Å²) in [5.74, 6) is -1.07. The van der Waals surface area contributed by atoms with Gasteiger partial charge in [-0.3, -0.25) is 4.79 Å². The van der Waals surface area contributed by atoms with E-state index in [-0.39, 0.29) is 0 Å². The Morgan fingerprint density at radius 2 is 2.00 bits per heavy atom. The van der Waals surface area contributed by atoms with E-state index in [1.165, 1.54) is 0 Å². The van der Waals surface area contributed by atoms with E-state index in [1.807, 2.05) is 19.9 Å². The Labute approximate surface area is 82.5 Å². The molecule has 1 rings (SSSR count). The van der Waals surface area contributed by atoms with Gasteiger partial charge in [0.05, 0.1) is 0 Å². The molecule has 76 valence electrons. The molecule has 0 aliphatic carbocycles. The molecule has 0 saturated heterocycles. The maximum Gasteiger partial charge on any atom is 0.325 e. The molecule has 0 heterocycles. The molecule has 0 amide bonds. The zero-order valence-electron chi connectivity index (χ0n) is 8.24. The van der Waals surface area contributed by atoms with Crippen LogP contribution in [0.2, 0.25) is 0 Å². The van der Waals surface area contributed by atoms with Crippen LogP contribution >= 0.6 is 0 Å². The van der Waals surface area contributed by atoms with Crippen LogP contribution in [0, 0.1) is 13.8 Å². The predicted octanol–water partition coefficient (Wildman–Crippen LogP) is 0.970. The van der Waals surface area contributed by atoms with Crippen LogP contribution in [0.3, 0.4) is 0 Å². The first kappa shape index (κ1) is 10.5. The van der Waals surface area contributed by atoms with E-state index in [1.54, 1.807) is 6.07 Å². The van der Waals surface area contributed by atoms with Crippen molar-refractivity contribution in [2.24, 2.45) is 5.73 Å². The predicted molar refractivity (Wildman–Crippen MR) is 54.9 cm³/mol. The minimum absolute atomic E-state index is 0.472. The second-order valence-corrected chi connectivity index (χ2v) is 3.33. The summed E-state index contributed by atoms with van der Waals surface area (Å²) in [6, 6.07) is 2.44. The molecule has 0 aromatic heterocycles. The number of aliphatic carboxylic acids is 1. The third-order valence-electron chi connectivity index (χ3n) is 2.42. The van der Waals surface area contributed by atoms with E-state index in [0.29, 0.717) is 11.3 Å². The number of nitrogens with two attached hydrogens (primary N) is 2. The van der Waals surface area contributed by atoms with E-state index < -0.39 is 12.0 Å². The van der Waals surface area contributed by atoms with Gasteiger partial charge in [0.2, 0.25) is 0 Å².